The van der Waals surface area contributed by atoms with Crippen molar-refractivity contribution < 1.29 is 10.2 Å². The van der Waals surface area contributed by atoms with Gasteiger partial charge in [-0.3, -0.25) is 0 Å². The molecule has 24 heavy (non-hydrogen) atoms. The Hall–Kier alpha value is -3.40. The molecule has 0 saturated carbocycles. The number of hydrogen-bond acceptors (Lipinski definition) is 4. The van der Waals surface area contributed by atoms with Crippen molar-refractivity contribution >= 4 is 43.6 Å². The Morgan fingerprint density at radius 1 is 0.500 bits per heavy atom. The quantitative estimate of drug-likeness (QED) is 0.326. The first-order valence-corrected chi connectivity index (χ1v) is 7.65. The number of para-hydroxylation sites is 2. The van der Waals surface area contributed by atoms with Crippen LogP contribution in [0.3, 0.4) is 0 Å². The maximum Gasteiger partial charge on any atom is 0.141 e. The number of fused-ring (bicyclic) bond motifs is 5. The molecule has 0 atom stereocenters. The van der Waals surface area contributed by atoms with Crippen LogP contribution in [0, 0.1) is 0 Å². The fourth-order valence-corrected chi connectivity index (χ4v) is 3.21. The largest absolute Gasteiger partial charge is 0.506 e. The molecule has 0 saturated heterocycles. The molecular weight excluding hydrogens is 300 g/mol. The molecular formula is C20H12N2O2. The number of rotatable bonds is 0. The van der Waals surface area contributed by atoms with Gasteiger partial charge in [-0.05, 0) is 24.3 Å². The van der Waals surface area contributed by atoms with Crippen molar-refractivity contribution in [3.8, 4) is 11.5 Å². The van der Waals surface area contributed by atoms with Crippen molar-refractivity contribution in [2.24, 2.45) is 0 Å². The molecule has 0 amide bonds. The van der Waals surface area contributed by atoms with Gasteiger partial charge in [0.25, 0.3) is 0 Å². The molecule has 0 unspecified atom stereocenters. The summed E-state index contributed by atoms with van der Waals surface area (Å²) in [5, 5.41) is 23.8. The van der Waals surface area contributed by atoms with Crippen LogP contribution in [0.15, 0.2) is 60.7 Å². The van der Waals surface area contributed by atoms with E-state index in [0.717, 1.165) is 21.5 Å². The summed E-state index contributed by atoms with van der Waals surface area (Å²) in [6.45, 7) is 0. The van der Waals surface area contributed by atoms with E-state index >= 15 is 0 Å². The molecule has 5 aromatic rings. The number of hydrogen-bond donors (Lipinski definition) is 2. The first kappa shape index (κ1) is 13.1. The number of phenols is 2. The lowest BCUT2D eigenvalue weighted by Gasteiger charge is -2.08. The van der Waals surface area contributed by atoms with Crippen molar-refractivity contribution in [2.75, 3.05) is 0 Å². The molecule has 0 aliphatic heterocycles. The van der Waals surface area contributed by atoms with Gasteiger partial charge in [0, 0.05) is 21.5 Å². The Morgan fingerprint density at radius 2 is 0.917 bits per heavy atom. The zero-order valence-corrected chi connectivity index (χ0v) is 12.6. The summed E-state index contributed by atoms with van der Waals surface area (Å²) >= 11 is 0. The molecule has 0 bridgehead atoms. The fraction of sp³-hybridized carbons (Fsp3) is 0. The second-order valence-electron chi connectivity index (χ2n) is 5.88. The number of aromatic hydroxyl groups is 2. The molecule has 0 aliphatic carbocycles. The Bertz CT molecular complexity index is 1180. The van der Waals surface area contributed by atoms with Crippen LogP contribution in [0.5, 0.6) is 11.5 Å². The third-order valence-corrected chi connectivity index (χ3v) is 4.37. The van der Waals surface area contributed by atoms with Crippen molar-refractivity contribution in [1.82, 2.24) is 9.97 Å². The van der Waals surface area contributed by atoms with Gasteiger partial charge >= 0.3 is 0 Å². The topological polar surface area (TPSA) is 66.2 Å². The van der Waals surface area contributed by atoms with Gasteiger partial charge in [0.05, 0.1) is 11.0 Å². The second-order valence-corrected chi connectivity index (χ2v) is 5.88. The lowest BCUT2D eigenvalue weighted by molar-refractivity contribution is 0.480. The Labute approximate surface area is 136 Å². The van der Waals surface area contributed by atoms with Gasteiger partial charge in [-0.25, -0.2) is 9.97 Å². The maximum absolute atomic E-state index is 10.1. The standard InChI is InChI=1S/C20H12N2O2/c23-15-5-1-3-11-9-13-7-8-14-10-12-4-2-6-16(24)18(12)22-20(14)19(13)21-17(11)15/h1-10,23-24H. The predicted molar refractivity (Wildman–Crippen MR) is 95.4 cm³/mol. The highest BCUT2D eigenvalue weighted by molar-refractivity contribution is 6.10. The number of nitrogens with zero attached hydrogens (tertiary/aromatic N) is 2. The van der Waals surface area contributed by atoms with Crippen LogP contribution in [-0.4, -0.2) is 20.2 Å². The molecule has 0 fully saturated rings. The minimum atomic E-state index is 0.148. The van der Waals surface area contributed by atoms with Crippen LogP contribution in [0.1, 0.15) is 0 Å². The highest BCUT2D eigenvalue weighted by Gasteiger charge is 2.10. The Kier molecular flexibility index (Phi) is 2.48. The summed E-state index contributed by atoms with van der Waals surface area (Å²) in [5.74, 6) is 0.296. The summed E-state index contributed by atoms with van der Waals surface area (Å²) in [6, 6.07) is 18.7. The summed E-state index contributed by atoms with van der Waals surface area (Å²) in [4.78, 5) is 9.30. The number of aromatic nitrogens is 2. The minimum Gasteiger partial charge on any atom is -0.506 e. The molecule has 2 aromatic heterocycles. The van der Waals surface area contributed by atoms with E-state index < -0.39 is 0 Å². The highest BCUT2D eigenvalue weighted by Crippen LogP contribution is 2.32. The molecule has 0 spiro atoms. The number of phenolic OH excluding ortho intramolecular Hbond substituents is 2. The van der Waals surface area contributed by atoms with Gasteiger partial charge in [0.15, 0.2) is 0 Å². The summed E-state index contributed by atoms with van der Waals surface area (Å²) in [7, 11) is 0. The fourth-order valence-electron chi connectivity index (χ4n) is 3.21. The third-order valence-electron chi connectivity index (χ3n) is 4.37. The SMILES string of the molecule is Oc1cccc2cc3ccc4cc5cccc(O)c5nc4c3nc12. The molecule has 0 aliphatic rings. The zero-order chi connectivity index (χ0) is 16.3. The molecule has 2 heterocycles. The van der Waals surface area contributed by atoms with Crippen LogP contribution in [0.4, 0.5) is 0 Å². The van der Waals surface area contributed by atoms with E-state index in [1.807, 2.05) is 36.4 Å². The summed E-state index contributed by atoms with van der Waals surface area (Å²) in [5.41, 5.74) is 2.53. The van der Waals surface area contributed by atoms with Crippen LogP contribution in [0.2, 0.25) is 0 Å². The zero-order valence-electron chi connectivity index (χ0n) is 12.6. The van der Waals surface area contributed by atoms with Gasteiger partial charge < -0.3 is 10.2 Å². The first-order chi connectivity index (χ1) is 11.7. The number of benzene rings is 3. The van der Waals surface area contributed by atoms with E-state index in [1.165, 1.54) is 0 Å². The van der Waals surface area contributed by atoms with Gasteiger partial charge in [0.2, 0.25) is 0 Å². The van der Waals surface area contributed by atoms with Gasteiger partial charge in [-0.1, -0.05) is 36.4 Å². The Morgan fingerprint density at radius 3 is 1.38 bits per heavy atom. The van der Waals surface area contributed by atoms with Gasteiger partial charge in [-0.2, -0.15) is 0 Å². The average molecular weight is 312 g/mol. The third kappa shape index (κ3) is 1.74. The molecule has 0 radical (unpaired) electrons. The molecule has 5 rings (SSSR count). The molecule has 4 heteroatoms. The van der Waals surface area contributed by atoms with Crippen LogP contribution in [0.25, 0.3) is 43.6 Å². The normalized spacial score (nSPS) is 11.7. The monoisotopic (exact) mass is 312 g/mol. The minimum absolute atomic E-state index is 0.148. The van der Waals surface area contributed by atoms with E-state index in [-0.39, 0.29) is 11.5 Å². The lowest BCUT2D eigenvalue weighted by atomic mass is 10.1. The lowest BCUT2D eigenvalue weighted by Crippen LogP contribution is -1.89. The molecule has 114 valence electrons. The first-order valence-electron chi connectivity index (χ1n) is 7.65. The molecule has 3 aromatic carbocycles. The smallest absolute Gasteiger partial charge is 0.141 e. The van der Waals surface area contributed by atoms with E-state index in [2.05, 4.69) is 9.97 Å². The highest BCUT2D eigenvalue weighted by atomic mass is 16.3. The van der Waals surface area contributed by atoms with Crippen molar-refractivity contribution in [1.29, 1.82) is 0 Å². The van der Waals surface area contributed by atoms with E-state index in [0.29, 0.717) is 22.1 Å². The van der Waals surface area contributed by atoms with Crippen LogP contribution >= 0.6 is 0 Å². The van der Waals surface area contributed by atoms with Crippen molar-refractivity contribution in [2.45, 2.75) is 0 Å². The molecule has 2 N–H and O–H groups in total. The predicted octanol–water partition coefficient (Wildman–Crippen LogP) is 4.50. The van der Waals surface area contributed by atoms with Crippen LogP contribution in [-0.2, 0) is 0 Å². The van der Waals surface area contributed by atoms with E-state index in [4.69, 9.17) is 0 Å². The Balaban J connectivity index is 2.01. The van der Waals surface area contributed by atoms with Crippen molar-refractivity contribution in [3.05, 3.63) is 60.7 Å². The van der Waals surface area contributed by atoms with Gasteiger partial charge in [0.1, 0.15) is 22.5 Å². The van der Waals surface area contributed by atoms with Crippen molar-refractivity contribution in [3.63, 3.8) is 0 Å². The average Bonchev–Trinajstić information content (AvgIpc) is 2.60. The van der Waals surface area contributed by atoms with E-state index in [1.54, 1.807) is 24.3 Å². The maximum atomic E-state index is 10.1. The summed E-state index contributed by atoms with van der Waals surface area (Å²) in [6.07, 6.45) is 0. The van der Waals surface area contributed by atoms with E-state index in [9.17, 15) is 10.2 Å². The second kappa shape index (κ2) is 4.55. The summed E-state index contributed by atoms with van der Waals surface area (Å²) < 4.78 is 0. The number of pyridine rings is 2. The molecule has 4 nitrogen and oxygen atoms in total. The van der Waals surface area contributed by atoms with Crippen LogP contribution < -0.4 is 0 Å². The van der Waals surface area contributed by atoms with Gasteiger partial charge in [-0.15, -0.1) is 0 Å².